The number of pyridine rings is 1. The summed E-state index contributed by atoms with van der Waals surface area (Å²) in [5.74, 6) is 0.914. The van der Waals surface area contributed by atoms with Gasteiger partial charge in [0.15, 0.2) is 0 Å². The van der Waals surface area contributed by atoms with E-state index in [0.717, 1.165) is 17.3 Å². The second-order valence-corrected chi connectivity index (χ2v) is 4.72. The molecule has 0 radical (unpaired) electrons. The lowest BCUT2D eigenvalue weighted by Gasteiger charge is -2.13. The van der Waals surface area contributed by atoms with Gasteiger partial charge >= 0.3 is 0 Å². The highest BCUT2D eigenvalue weighted by Gasteiger charge is 2.07. The second kappa shape index (κ2) is 5.17. The molecule has 0 aliphatic heterocycles. The van der Waals surface area contributed by atoms with Crippen molar-refractivity contribution in [2.24, 2.45) is 14.1 Å². The normalized spacial score (nSPS) is 10.5. The molecule has 6 heteroatoms. The molecule has 6 nitrogen and oxygen atoms in total. The molecule has 0 atom stereocenters. The molecule has 102 valence electrons. The highest BCUT2D eigenvalue weighted by Crippen LogP contribution is 2.12. The number of imidazole rings is 1. The molecule has 1 N–H and O–H groups in total. The predicted molar refractivity (Wildman–Crippen MR) is 76.5 cm³/mol. The Bertz CT molecular complexity index is 626. The lowest BCUT2D eigenvalue weighted by atomic mass is 10.4. The largest absolute Gasteiger partial charge is 0.378 e. The van der Waals surface area contributed by atoms with E-state index in [1.54, 1.807) is 29.9 Å². The van der Waals surface area contributed by atoms with Crippen molar-refractivity contribution in [3.05, 3.63) is 40.6 Å². The van der Waals surface area contributed by atoms with Crippen LogP contribution in [0.3, 0.4) is 0 Å². The first-order valence-electron chi connectivity index (χ1n) is 6.07. The van der Waals surface area contributed by atoms with Crippen LogP contribution in [0.25, 0.3) is 0 Å². The molecule has 0 aliphatic carbocycles. The first-order valence-corrected chi connectivity index (χ1v) is 6.07. The van der Waals surface area contributed by atoms with Gasteiger partial charge in [0.25, 0.3) is 0 Å². The minimum Gasteiger partial charge on any atom is -0.378 e. The van der Waals surface area contributed by atoms with Crippen molar-refractivity contribution in [2.45, 2.75) is 6.54 Å². The topological polar surface area (TPSA) is 55.1 Å². The molecular weight excluding hydrogens is 242 g/mol. The number of anilines is 2. The molecule has 0 aromatic carbocycles. The summed E-state index contributed by atoms with van der Waals surface area (Å²) in [6.07, 6.45) is 3.63. The van der Waals surface area contributed by atoms with Gasteiger partial charge in [0.2, 0.25) is 11.5 Å². The third-order valence-corrected chi connectivity index (χ3v) is 3.02. The van der Waals surface area contributed by atoms with Crippen LogP contribution < -0.4 is 15.8 Å². The molecule has 0 saturated heterocycles. The maximum Gasteiger partial charge on any atom is 0.250 e. The van der Waals surface area contributed by atoms with Gasteiger partial charge < -0.3 is 19.4 Å². The summed E-state index contributed by atoms with van der Waals surface area (Å²) in [5, 5.41) is 3.28. The molecule has 2 heterocycles. The summed E-state index contributed by atoms with van der Waals surface area (Å²) in [7, 11) is 7.65. The Hall–Kier alpha value is -2.24. The van der Waals surface area contributed by atoms with E-state index in [-0.39, 0.29) is 5.56 Å². The molecule has 0 fully saturated rings. The molecule has 2 aromatic rings. The van der Waals surface area contributed by atoms with Crippen LogP contribution in [0.2, 0.25) is 0 Å². The van der Waals surface area contributed by atoms with Crippen molar-refractivity contribution < 1.29 is 0 Å². The van der Waals surface area contributed by atoms with Crippen LogP contribution in [-0.4, -0.2) is 28.2 Å². The van der Waals surface area contributed by atoms with Gasteiger partial charge in [-0.25, -0.2) is 4.98 Å². The number of hydrogen-bond acceptors (Lipinski definition) is 4. The molecule has 19 heavy (non-hydrogen) atoms. The van der Waals surface area contributed by atoms with Gasteiger partial charge in [0.05, 0.1) is 24.1 Å². The van der Waals surface area contributed by atoms with E-state index >= 15 is 0 Å². The standard InChI is InChI=1S/C13H19N5O/c1-16(2)13-15-8-11(18(13)4)7-14-10-5-6-12(19)17(3)9-10/h5-6,8-9,14H,7H2,1-4H3. The number of hydrogen-bond donors (Lipinski definition) is 1. The summed E-state index contributed by atoms with van der Waals surface area (Å²) < 4.78 is 3.59. The SMILES string of the molecule is CN(C)c1ncc(CNc2ccc(=O)n(C)c2)n1C. The third-order valence-electron chi connectivity index (χ3n) is 3.02. The van der Waals surface area contributed by atoms with Crippen LogP contribution in [0.4, 0.5) is 11.6 Å². The molecule has 0 aliphatic rings. The monoisotopic (exact) mass is 261 g/mol. The number of aryl methyl sites for hydroxylation is 1. The first kappa shape index (κ1) is 13.2. The molecule has 2 rings (SSSR count). The molecule has 0 unspecified atom stereocenters. The minimum atomic E-state index is -0.0130. The van der Waals surface area contributed by atoms with E-state index in [4.69, 9.17) is 0 Å². The van der Waals surface area contributed by atoms with Gasteiger partial charge in [-0.3, -0.25) is 4.79 Å². The Morgan fingerprint density at radius 3 is 2.63 bits per heavy atom. The summed E-state index contributed by atoms with van der Waals surface area (Å²) >= 11 is 0. The zero-order valence-corrected chi connectivity index (χ0v) is 11.7. The van der Waals surface area contributed by atoms with Crippen LogP contribution in [-0.2, 0) is 20.6 Å². The Balaban J connectivity index is 2.10. The lowest BCUT2D eigenvalue weighted by Crippen LogP contribution is -2.16. The molecule has 0 amide bonds. The molecule has 0 saturated carbocycles. The maximum atomic E-state index is 11.3. The van der Waals surface area contributed by atoms with Gasteiger partial charge in [0.1, 0.15) is 0 Å². The van der Waals surface area contributed by atoms with Crippen molar-refractivity contribution in [2.75, 3.05) is 24.3 Å². The smallest absolute Gasteiger partial charge is 0.250 e. The van der Waals surface area contributed by atoms with Gasteiger partial charge in [-0.15, -0.1) is 0 Å². The van der Waals surface area contributed by atoms with Crippen molar-refractivity contribution >= 4 is 11.6 Å². The van der Waals surface area contributed by atoms with E-state index in [9.17, 15) is 4.79 Å². The predicted octanol–water partition coefficient (Wildman–Crippen LogP) is 0.797. The van der Waals surface area contributed by atoms with E-state index in [2.05, 4.69) is 10.3 Å². The van der Waals surface area contributed by atoms with E-state index in [1.165, 1.54) is 0 Å². The van der Waals surface area contributed by atoms with Crippen LogP contribution in [0, 0.1) is 0 Å². The van der Waals surface area contributed by atoms with Gasteiger partial charge in [-0.05, 0) is 6.07 Å². The Morgan fingerprint density at radius 2 is 2.05 bits per heavy atom. The number of rotatable bonds is 4. The van der Waals surface area contributed by atoms with Crippen LogP contribution in [0.15, 0.2) is 29.3 Å². The fourth-order valence-electron chi connectivity index (χ4n) is 1.90. The zero-order chi connectivity index (χ0) is 14.0. The maximum absolute atomic E-state index is 11.3. The van der Waals surface area contributed by atoms with E-state index < -0.39 is 0 Å². The highest BCUT2D eigenvalue weighted by molar-refractivity contribution is 5.41. The Kier molecular flexibility index (Phi) is 3.59. The molecule has 0 spiro atoms. The van der Waals surface area contributed by atoms with Crippen molar-refractivity contribution in [1.29, 1.82) is 0 Å². The zero-order valence-electron chi connectivity index (χ0n) is 11.7. The van der Waals surface area contributed by atoms with Crippen molar-refractivity contribution in [1.82, 2.24) is 14.1 Å². The summed E-state index contributed by atoms with van der Waals surface area (Å²) in [6.45, 7) is 0.662. The number of nitrogens with zero attached hydrogens (tertiary/aromatic N) is 4. The molecular formula is C13H19N5O. The van der Waals surface area contributed by atoms with Crippen LogP contribution >= 0.6 is 0 Å². The van der Waals surface area contributed by atoms with Crippen LogP contribution in [0.1, 0.15) is 5.69 Å². The van der Waals surface area contributed by atoms with Gasteiger partial charge in [-0.2, -0.15) is 0 Å². The third kappa shape index (κ3) is 2.78. The molecule has 0 bridgehead atoms. The number of aromatic nitrogens is 3. The number of nitrogens with one attached hydrogen (secondary N) is 1. The minimum absolute atomic E-state index is 0.0130. The van der Waals surface area contributed by atoms with Crippen molar-refractivity contribution in [3.8, 4) is 0 Å². The summed E-state index contributed by atoms with van der Waals surface area (Å²) in [6, 6.07) is 3.34. The fourth-order valence-corrected chi connectivity index (χ4v) is 1.90. The van der Waals surface area contributed by atoms with Crippen molar-refractivity contribution in [3.63, 3.8) is 0 Å². The Morgan fingerprint density at radius 1 is 1.32 bits per heavy atom. The van der Waals surface area contributed by atoms with Gasteiger partial charge in [-0.1, -0.05) is 0 Å². The van der Waals surface area contributed by atoms with E-state index in [0.29, 0.717) is 6.54 Å². The average molecular weight is 261 g/mol. The van der Waals surface area contributed by atoms with Gasteiger partial charge in [0, 0.05) is 40.5 Å². The first-order chi connectivity index (χ1) is 8.99. The summed E-state index contributed by atoms with van der Waals surface area (Å²) in [4.78, 5) is 17.6. The average Bonchev–Trinajstić information content (AvgIpc) is 2.72. The summed E-state index contributed by atoms with van der Waals surface area (Å²) in [5.41, 5.74) is 1.98. The lowest BCUT2D eigenvalue weighted by molar-refractivity contribution is 0.811. The second-order valence-electron chi connectivity index (χ2n) is 4.72. The quantitative estimate of drug-likeness (QED) is 0.884. The Labute approximate surface area is 112 Å². The van der Waals surface area contributed by atoms with E-state index in [1.807, 2.05) is 36.8 Å². The highest BCUT2D eigenvalue weighted by atomic mass is 16.1. The molecule has 2 aromatic heterocycles. The fraction of sp³-hybridized carbons (Fsp3) is 0.385. The van der Waals surface area contributed by atoms with Crippen LogP contribution in [0.5, 0.6) is 0 Å².